The predicted octanol–water partition coefficient (Wildman–Crippen LogP) is 3.35. The minimum atomic E-state index is -0.761. The highest BCUT2D eigenvalue weighted by Gasteiger charge is 2.88. The number of esters is 1. The molecule has 0 aromatic rings. The average Bonchev–Trinajstić information content (AvgIpc) is 3.34. The van der Waals surface area contributed by atoms with E-state index >= 15 is 0 Å². The Morgan fingerprint density at radius 3 is 2.67 bits per heavy atom. The van der Waals surface area contributed by atoms with Crippen molar-refractivity contribution in [3.05, 3.63) is 11.1 Å². The Kier molecular flexibility index (Phi) is 2.17. The SMILES string of the molecule is CC1=C2[C@@H]3O[C@@]34CC[C@H]3C(C)(C)CCC[C@]3(C)[C@H]4[C@@H]3O[C@]23OC1=O. The first-order valence-electron chi connectivity index (χ1n) is 9.56. The molecule has 0 bridgehead atoms. The topological polar surface area (TPSA) is 51.4 Å². The maximum absolute atomic E-state index is 12.2. The third-order valence-corrected chi connectivity index (χ3v) is 8.57. The lowest BCUT2D eigenvalue weighted by Gasteiger charge is -2.59. The van der Waals surface area contributed by atoms with Gasteiger partial charge in [-0.3, -0.25) is 0 Å². The van der Waals surface area contributed by atoms with E-state index in [-0.39, 0.29) is 29.2 Å². The van der Waals surface area contributed by atoms with Crippen LogP contribution < -0.4 is 0 Å². The van der Waals surface area contributed by atoms with Crippen LogP contribution in [0, 0.1) is 22.7 Å². The zero-order chi connectivity index (χ0) is 16.7. The largest absolute Gasteiger partial charge is 0.422 e. The molecule has 0 N–H and O–H groups in total. The molecular formula is C20H26O4. The molecule has 0 unspecified atom stereocenters. The van der Waals surface area contributed by atoms with Gasteiger partial charge in [0.25, 0.3) is 5.79 Å². The van der Waals surface area contributed by atoms with Crippen molar-refractivity contribution in [2.45, 2.75) is 83.4 Å². The van der Waals surface area contributed by atoms with Crippen molar-refractivity contribution in [1.29, 1.82) is 0 Å². The van der Waals surface area contributed by atoms with Crippen molar-refractivity contribution in [3.63, 3.8) is 0 Å². The summed E-state index contributed by atoms with van der Waals surface area (Å²) in [4.78, 5) is 12.2. The number of hydrogen-bond acceptors (Lipinski definition) is 4. The molecule has 2 saturated heterocycles. The number of fused-ring (bicyclic) bond motifs is 4. The molecule has 5 fully saturated rings. The molecule has 130 valence electrons. The van der Waals surface area contributed by atoms with Crippen LogP contribution in [0.5, 0.6) is 0 Å². The lowest BCUT2D eigenvalue weighted by atomic mass is 9.44. The summed E-state index contributed by atoms with van der Waals surface area (Å²) in [5, 5.41) is 0. The quantitative estimate of drug-likeness (QED) is 0.505. The maximum Gasteiger partial charge on any atom is 0.336 e. The van der Waals surface area contributed by atoms with E-state index in [4.69, 9.17) is 14.2 Å². The molecule has 0 radical (unpaired) electrons. The molecule has 0 aromatic carbocycles. The van der Waals surface area contributed by atoms with Crippen LogP contribution in [-0.4, -0.2) is 29.6 Å². The molecular weight excluding hydrogens is 304 g/mol. The highest BCUT2D eigenvalue weighted by atomic mass is 16.8. The zero-order valence-electron chi connectivity index (χ0n) is 15.0. The van der Waals surface area contributed by atoms with Gasteiger partial charge in [-0.05, 0) is 49.4 Å². The Bertz CT molecular complexity index is 723. The summed E-state index contributed by atoms with van der Waals surface area (Å²) in [5.74, 6) is 0.0886. The number of ether oxygens (including phenoxy) is 3. The van der Waals surface area contributed by atoms with Gasteiger partial charge >= 0.3 is 5.97 Å². The minimum Gasteiger partial charge on any atom is -0.422 e. The van der Waals surface area contributed by atoms with Crippen LogP contribution >= 0.6 is 0 Å². The molecule has 3 aliphatic heterocycles. The van der Waals surface area contributed by atoms with Crippen molar-refractivity contribution >= 4 is 5.97 Å². The van der Waals surface area contributed by atoms with Gasteiger partial charge in [0.1, 0.15) is 17.8 Å². The molecule has 3 aliphatic carbocycles. The van der Waals surface area contributed by atoms with E-state index in [1.165, 1.54) is 25.7 Å². The van der Waals surface area contributed by atoms with Gasteiger partial charge < -0.3 is 14.2 Å². The third kappa shape index (κ3) is 1.27. The molecule has 6 aliphatic rings. The summed E-state index contributed by atoms with van der Waals surface area (Å²) >= 11 is 0. The van der Waals surface area contributed by atoms with Crippen LogP contribution in [0.3, 0.4) is 0 Å². The van der Waals surface area contributed by atoms with Gasteiger partial charge in [-0.15, -0.1) is 0 Å². The highest BCUT2D eigenvalue weighted by Crippen LogP contribution is 2.77. The first kappa shape index (κ1) is 14.3. The van der Waals surface area contributed by atoms with Crippen LogP contribution in [0.4, 0.5) is 0 Å². The van der Waals surface area contributed by atoms with Crippen LogP contribution in [0.15, 0.2) is 11.1 Å². The van der Waals surface area contributed by atoms with Gasteiger partial charge in [-0.2, -0.15) is 0 Å². The van der Waals surface area contributed by atoms with Gasteiger partial charge in [-0.25, -0.2) is 4.79 Å². The molecule has 3 heterocycles. The number of carbonyl (C=O) groups is 1. The van der Waals surface area contributed by atoms with Gasteiger partial charge in [0.2, 0.25) is 0 Å². The third-order valence-electron chi connectivity index (χ3n) is 8.57. The molecule has 0 amide bonds. The van der Waals surface area contributed by atoms with Crippen molar-refractivity contribution in [1.82, 2.24) is 0 Å². The highest BCUT2D eigenvalue weighted by molar-refractivity contribution is 5.93. The van der Waals surface area contributed by atoms with Crippen LogP contribution in [0.1, 0.15) is 59.8 Å². The normalized spacial score (nSPS) is 58.8. The predicted molar refractivity (Wildman–Crippen MR) is 86.0 cm³/mol. The second-order valence-electron chi connectivity index (χ2n) is 10.0. The van der Waals surface area contributed by atoms with Crippen LogP contribution in [0.2, 0.25) is 0 Å². The minimum absolute atomic E-state index is 0.00866. The second-order valence-corrected chi connectivity index (χ2v) is 10.0. The van der Waals surface area contributed by atoms with Gasteiger partial charge in [-0.1, -0.05) is 27.2 Å². The average molecular weight is 330 g/mol. The van der Waals surface area contributed by atoms with E-state index in [9.17, 15) is 4.79 Å². The van der Waals surface area contributed by atoms with E-state index in [0.29, 0.717) is 17.3 Å². The van der Waals surface area contributed by atoms with Gasteiger partial charge in [0.05, 0.1) is 0 Å². The van der Waals surface area contributed by atoms with E-state index < -0.39 is 5.79 Å². The molecule has 7 atom stereocenters. The standard InChI is InChI=1S/C20H26O4/c1-10-12-14-19(22-14)9-6-11-17(2,3)7-5-8-18(11,4)13(19)15-20(12,23-15)24-16(10)21/h11,13-15H,5-9H2,1-4H3/t11-,13+,14-,15-,18-,19+,20-/m0/s1. The van der Waals surface area contributed by atoms with E-state index in [1.54, 1.807) is 0 Å². The molecule has 24 heavy (non-hydrogen) atoms. The summed E-state index contributed by atoms with van der Waals surface area (Å²) in [6, 6.07) is 0. The molecule has 4 nitrogen and oxygen atoms in total. The summed E-state index contributed by atoms with van der Waals surface area (Å²) < 4.78 is 18.4. The monoisotopic (exact) mass is 330 g/mol. The number of carbonyl (C=O) groups excluding carboxylic acids is 1. The molecule has 6 rings (SSSR count). The lowest BCUT2D eigenvalue weighted by molar-refractivity contribution is -0.147. The second kappa shape index (κ2) is 3.64. The Labute approximate surface area is 142 Å². The Hall–Kier alpha value is -0.870. The van der Waals surface area contributed by atoms with Crippen molar-refractivity contribution < 1.29 is 19.0 Å². The summed E-state index contributed by atoms with van der Waals surface area (Å²) in [6.45, 7) is 9.22. The fourth-order valence-electron chi connectivity index (χ4n) is 7.62. The summed E-state index contributed by atoms with van der Waals surface area (Å²) in [5.41, 5.74) is 2.25. The lowest BCUT2D eigenvalue weighted by Crippen LogP contribution is -2.59. The first-order valence-corrected chi connectivity index (χ1v) is 9.56. The van der Waals surface area contributed by atoms with Gasteiger partial charge in [0, 0.05) is 17.1 Å². The summed E-state index contributed by atoms with van der Waals surface area (Å²) in [7, 11) is 0. The molecule has 2 spiro atoms. The van der Waals surface area contributed by atoms with Crippen molar-refractivity contribution in [3.8, 4) is 0 Å². The van der Waals surface area contributed by atoms with Crippen molar-refractivity contribution in [2.75, 3.05) is 0 Å². The number of hydrogen-bond donors (Lipinski definition) is 0. The van der Waals surface area contributed by atoms with Crippen LogP contribution in [0.25, 0.3) is 0 Å². The van der Waals surface area contributed by atoms with Crippen molar-refractivity contribution in [2.24, 2.45) is 22.7 Å². The summed E-state index contributed by atoms with van der Waals surface area (Å²) in [6.07, 6.45) is 6.23. The zero-order valence-corrected chi connectivity index (χ0v) is 15.0. The molecule has 3 saturated carbocycles. The Balaban J connectivity index is 1.49. The first-order chi connectivity index (χ1) is 11.3. The Morgan fingerprint density at radius 2 is 1.88 bits per heavy atom. The number of rotatable bonds is 0. The maximum atomic E-state index is 12.2. The fraction of sp³-hybridized carbons (Fsp3) is 0.850. The molecule has 4 heteroatoms. The van der Waals surface area contributed by atoms with Crippen LogP contribution in [-0.2, 0) is 19.0 Å². The van der Waals surface area contributed by atoms with E-state index in [1.807, 2.05) is 6.92 Å². The van der Waals surface area contributed by atoms with E-state index in [0.717, 1.165) is 17.6 Å². The smallest absolute Gasteiger partial charge is 0.336 e. The molecule has 0 aromatic heterocycles. The van der Waals surface area contributed by atoms with Gasteiger partial charge in [0.15, 0.2) is 0 Å². The fourth-order valence-corrected chi connectivity index (χ4v) is 7.62. The number of epoxide rings is 2. The Morgan fingerprint density at radius 1 is 1.08 bits per heavy atom. The van der Waals surface area contributed by atoms with E-state index in [2.05, 4.69) is 20.8 Å².